The maximum atomic E-state index is 10.5. The highest BCUT2D eigenvalue weighted by molar-refractivity contribution is 8.03. The number of thioether (sulfide) groups is 1. The predicted octanol–water partition coefficient (Wildman–Crippen LogP) is 2.08. The van der Waals surface area contributed by atoms with E-state index in [2.05, 4.69) is 0 Å². The molecule has 0 fully saturated rings. The zero-order valence-electron chi connectivity index (χ0n) is 7.11. The summed E-state index contributed by atoms with van der Waals surface area (Å²) in [6.07, 6.45) is 0. The van der Waals surface area contributed by atoms with E-state index in [0.29, 0.717) is 11.8 Å². The number of hydrogen-bond donors (Lipinski definition) is 0. The summed E-state index contributed by atoms with van der Waals surface area (Å²) < 4.78 is 0. The number of hydrogen-bond acceptors (Lipinski definition) is 6. The van der Waals surface area contributed by atoms with Crippen LogP contribution in [0.1, 0.15) is 0 Å². The Morgan fingerprint density at radius 2 is 1.93 bits per heavy atom. The van der Waals surface area contributed by atoms with Gasteiger partial charge in [0.1, 0.15) is 10.3 Å². The summed E-state index contributed by atoms with van der Waals surface area (Å²) in [6, 6.07) is 3.05. The zero-order chi connectivity index (χ0) is 11.4. The summed E-state index contributed by atoms with van der Waals surface area (Å²) >= 11 is 0.521. The van der Waals surface area contributed by atoms with Crippen molar-refractivity contribution in [3.8, 4) is 5.40 Å². The molecule has 0 N–H and O–H groups in total. The lowest BCUT2D eigenvalue weighted by Gasteiger charge is -1.97. The van der Waals surface area contributed by atoms with Gasteiger partial charge in [-0.3, -0.25) is 20.2 Å². The van der Waals surface area contributed by atoms with Gasteiger partial charge in [0.25, 0.3) is 11.4 Å². The van der Waals surface area contributed by atoms with Crippen molar-refractivity contribution >= 4 is 23.1 Å². The molecule has 1 rings (SSSR count). The minimum absolute atomic E-state index is 0.0308. The molecule has 0 aliphatic carbocycles. The van der Waals surface area contributed by atoms with Crippen LogP contribution in [0.2, 0.25) is 0 Å². The number of nitro benzene ring substituents is 2. The normalized spacial score (nSPS) is 9.27. The summed E-state index contributed by atoms with van der Waals surface area (Å²) in [7, 11) is 0. The topological polar surface area (TPSA) is 110 Å². The SMILES string of the molecule is N#CSc1cc([N+](=O)[O-])ccc1[N+](=O)[O-]. The Morgan fingerprint density at radius 1 is 1.27 bits per heavy atom. The van der Waals surface area contributed by atoms with Crippen LogP contribution in [0.15, 0.2) is 23.1 Å². The molecule has 1 aromatic carbocycles. The third kappa shape index (κ3) is 2.41. The third-order valence-corrected chi connectivity index (χ3v) is 2.14. The van der Waals surface area contributed by atoms with Crippen molar-refractivity contribution in [2.24, 2.45) is 0 Å². The fraction of sp³-hybridized carbons (Fsp3) is 0. The molecule has 0 radical (unpaired) electrons. The molecule has 0 atom stereocenters. The summed E-state index contributed by atoms with van der Waals surface area (Å²) in [4.78, 5) is 19.5. The van der Waals surface area contributed by atoms with Gasteiger partial charge in [0.15, 0.2) is 0 Å². The van der Waals surface area contributed by atoms with Gasteiger partial charge in [-0.25, -0.2) is 0 Å². The lowest BCUT2D eigenvalue weighted by Crippen LogP contribution is -1.93. The molecule has 15 heavy (non-hydrogen) atoms. The summed E-state index contributed by atoms with van der Waals surface area (Å²) in [5, 5.41) is 30.9. The Labute approximate surface area is 87.6 Å². The van der Waals surface area contributed by atoms with E-state index < -0.39 is 9.85 Å². The van der Waals surface area contributed by atoms with Gasteiger partial charge in [-0.1, -0.05) is 0 Å². The van der Waals surface area contributed by atoms with E-state index in [1.54, 1.807) is 5.40 Å². The Hall–Kier alpha value is -2.14. The Kier molecular flexibility index (Phi) is 3.20. The fourth-order valence-electron chi connectivity index (χ4n) is 0.898. The van der Waals surface area contributed by atoms with Gasteiger partial charge in [0.2, 0.25) is 0 Å². The second-order valence-corrected chi connectivity index (χ2v) is 3.19. The predicted molar refractivity (Wildman–Crippen MR) is 51.2 cm³/mol. The first kappa shape index (κ1) is 10.9. The van der Waals surface area contributed by atoms with Gasteiger partial charge in [0, 0.05) is 18.2 Å². The van der Waals surface area contributed by atoms with Crippen LogP contribution in [0.3, 0.4) is 0 Å². The number of non-ortho nitro benzene ring substituents is 1. The van der Waals surface area contributed by atoms with Crippen molar-refractivity contribution in [3.63, 3.8) is 0 Å². The van der Waals surface area contributed by atoms with Crippen molar-refractivity contribution in [1.29, 1.82) is 5.26 Å². The van der Waals surface area contributed by atoms with E-state index in [9.17, 15) is 20.2 Å². The molecule has 0 aliphatic heterocycles. The number of benzene rings is 1. The van der Waals surface area contributed by atoms with E-state index in [1.807, 2.05) is 0 Å². The molecule has 0 saturated carbocycles. The van der Waals surface area contributed by atoms with E-state index in [-0.39, 0.29) is 16.3 Å². The fourth-order valence-corrected chi connectivity index (χ4v) is 1.42. The first-order valence-electron chi connectivity index (χ1n) is 3.55. The highest BCUT2D eigenvalue weighted by atomic mass is 32.2. The highest BCUT2D eigenvalue weighted by Gasteiger charge is 2.18. The van der Waals surface area contributed by atoms with Crippen molar-refractivity contribution in [3.05, 3.63) is 38.4 Å². The zero-order valence-corrected chi connectivity index (χ0v) is 7.93. The van der Waals surface area contributed by atoms with E-state index >= 15 is 0 Å². The molecule has 8 heteroatoms. The van der Waals surface area contributed by atoms with Crippen LogP contribution in [-0.4, -0.2) is 9.85 Å². The quantitative estimate of drug-likeness (QED) is 0.337. The molecule has 0 aromatic heterocycles. The minimum atomic E-state index is -0.691. The monoisotopic (exact) mass is 225 g/mol. The average molecular weight is 225 g/mol. The smallest absolute Gasteiger partial charge is 0.258 e. The molecule has 0 saturated heterocycles. The van der Waals surface area contributed by atoms with Crippen LogP contribution >= 0.6 is 11.8 Å². The molecule has 0 bridgehead atoms. The molecule has 0 spiro atoms. The Balaban J connectivity index is 3.27. The molecule has 0 aliphatic rings. The molecule has 1 aromatic rings. The van der Waals surface area contributed by atoms with E-state index in [0.717, 1.165) is 18.2 Å². The number of nitro groups is 2. The highest BCUT2D eigenvalue weighted by Crippen LogP contribution is 2.31. The molecule has 0 amide bonds. The van der Waals surface area contributed by atoms with Crippen molar-refractivity contribution in [2.45, 2.75) is 4.90 Å². The molecule has 0 unspecified atom stereocenters. The van der Waals surface area contributed by atoms with E-state index in [1.165, 1.54) is 0 Å². The lowest BCUT2D eigenvalue weighted by atomic mass is 10.3. The van der Waals surface area contributed by atoms with Gasteiger partial charge < -0.3 is 0 Å². The second kappa shape index (κ2) is 4.39. The van der Waals surface area contributed by atoms with Crippen LogP contribution in [0, 0.1) is 30.9 Å². The molecular weight excluding hydrogens is 222 g/mol. The minimum Gasteiger partial charge on any atom is -0.258 e. The van der Waals surface area contributed by atoms with Crippen LogP contribution in [-0.2, 0) is 0 Å². The summed E-state index contributed by atoms with van der Waals surface area (Å²) in [5.74, 6) is 0. The molecule has 76 valence electrons. The van der Waals surface area contributed by atoms with Crippen molar-refractivity contribution in [2.75, 3.05) is 0 Å². The Morgan fingerprint density at radius 3 is 2.40 bits per heavy atom. The molecule has 7 nitrogen and oxygen atoms in total. The van der Waals surface area contributed by atoms with Gasteiger partial charge in [-0.05, 0) is 11.8 Å². The third-order valence-electron chi connectivity index (χ3n) is 1.51. The van der Waals surface area contributed by atoms with Gasteiger partial charge in [0.05, 0.1) is 9.85 Å². The second-order valence-electron chi connectivity index (χ2n) is 2.36. The van der Waals surface area contributed by atoms with Crippen LogP contribution < -0.4 is 0 Å². The Bertz CT molecular complexity index is 468. The van der Waals surface area contributed by atoms with Gasteiger partial charge in [-0.15, -0.1) is 0 Å². The molecule has 0 heterocycles. The summed E-state index contributed by atoms with van der Waals surface area (Å²) in [6.45, 7) is 0. The van der Waals surface area contributed by atoms with Gasteiger partial charge in [-0.2, -0.15) is 5.26 Å². The number of thiocyanates is 1. The maximum absolute atomic E-state index is 10.5. The average Bonchev–Trinajstić information content (AvgIpc) is 2.17. The number of nitriles is 1. The first-order chi connectivity index (χ1) is 7.06. The van der Waals surface area contributed by atoms with Crippen LogP contribution in [0.5, 0.6) is 0 Å². The maximum Gasteiger partial charge on any atom is 0.284 e. The standard InChI is InChI=1S/C7H3N3O4S/c8-4-15-7-3-5(9(11)12)1-2-6(7)10(13)14/h1-3H. The van der Waals surface area contributed by atoms with Gasteiger partial charge >= 0.3 is 0 Å². The number of rotatable bonds is 3. The first-order valence-corrected chi connectivity index (χ1v) is 4.36. The summed E-state index contributed by atoms with van der Waals surface area (Å²) in [5.41, 5.74) is -0.592. The number of nitrogens with zero attached hydrogens (tertiary/aromatic N) is 3. The van der Waals surface area contributed by atoms with Crippen LogP contribution in [0.25, 0.3) is 0 Å². The van der Waals surface area contributed by atoms with Crippen LogP contribution in [0.4, 0.5) is 11.4 Å². The van der Waals surface area contributed by atoms with Crippen molar-refractivity contribution in [1.82, 2.24) is 0 Å². The molecular formula is C7H3N3O4S. The van der Waals surface area contributed by atoms with Crippen molar-refractivity contribution < 1.29 is 9.85 Å². The van der Waals surface area contributed by atoms with E-state index in [4.69, 9.17) is 5.26 Å². The lowest BCUT2D eigenvalue weighted by molar-refractivity contribution is -0.391. The largest absolute Gasteiger partial charge is 0.284 e.